The van der Waals surface area contributed by atoms with Gasteiger partial charge in [-0.3, -0.25) is 4.79 Å². The van der Waals surface area contributed by atoms with Gasteiger partial charge < -0.3 is 10.2 Å². The molecule has 1 unspecified atom stereocenters. The van der Waals surface area contributed by atoms with Crippen LogP contribution in [0.1, 0.15) is 43.7 Å². The van der Waals surface area contributed by atoms with Gasteiger partial charge in [-0.1, -0.05) is 73.9 Å². The number of hydrogen-bond acceptors (Lipinski definition) is 2. The second kappa shape index (κ2) is 9.23. The molecule has 0 aliphatic heterocycles. The molecule has 1 aliphatic carbocycles. The van der Waals surface area contributed by atoms with Gasteiger partial charge in [0.25, 0.3) is 0 Å². The monoisotopic (exact) mass is 348 g/mol. The zero-order valence-electron chi connectivity index (χ0n) is 15.3. The highest BCUT2D eigenvalue weighted by atomic mass is 16.2. The van der Waals surface area contributed by atoms with E-state index in [1.54, 1.807) is 0 Å². The predicted octanol–water partition coefficient (Wildman–Crippen LogP) is 4.87. The number of amides is 1. The van der Waals surface area contributed by atoms with E-state index < -0.39 is 0 Å². The Hall–Kier alpha value is -2.55. The van der Waals surface area contributed by atoms with Gasteiger partial charge in [0.05, 0.1) is 0 Å². The second-order valence-electron chi connectivity index (χ2n) is 6.93. The maximum absolute atomic E-state index is 13.3. The molecule has 3 heteroatoms. The Morgan fingerprint density at radius 1 is 1.04 bits per heavy atom. The van der Waals surface area contributed by atoms with Gasteiger partial charge in [0, 0.05) is 18.3 Å². The molecule has 1 saturated carbocycles. The van der Waals surface area contributed by atoms with Crippen molar-refractivity contribution in [1.82, 2.24) is 5.32 Å². The van der Waals surface area contributed by atoms with Crippen LogP contribution in [0, 0.1) is 0 Å². The summed E-state index contributed by atoms with van der Waals surface area (Å²) in [5, 5.41) is 3.31. The van der Waals surface area contributed by atoms with Gasteiger partial charge in [0.15, 0.2) is 0 Å². The smallest absolute Gasteiger partial charge is 0.247 e. The van der Waals surface area contributed by atoms with Crippen molar-refractivity contribution >= 4 is 11.6 Å². The minimum absolute atomic E-state index is 0.0776. The van der Waals surface area contributed by atoms with Gasteiger partial charge in [0.2, 0.25) is 5.91 Å². The van der Waals surface area contributed by atoms with Crippen LogP contribution in [-0.2, 0) is 4.79 Å². The molecule has 3 nitrogen and oxygen atoms in total. The summed E-state index contributed by atoms with van der Waals surface area (Å²) in [5.74, 6) is 0.0776. The van der Waals surface area contributed by atoms with Crippen molar-refractivity contribution in [1.29, 1.82) is 0 Å². The molecule has 1 amide bonds. The molecule has 0 bridgehead atoms. The Kier molecular flexibility index (Phi) is 6.48. The third-order valence-corrected chi connectivity index (χ3v) is 5.04. The molecular weight excluding hydrogens is 320 g/mol. The van der Waals surface area contributed by atoms with Gasteiger partial charge >= 0.3 is 0 Å². The highest BCUT2D eigenvalue weighted by Gasteiger charge is 2.29. The van der Waals surface area contributed by atoms with Crippen LogP contribution in [0.2, 0.25) is 0 Å². The molecule has 1 aliphatic rings. The van der Waals surface area contributed by atoms with Crippen molar-refractivity contribution in [2.75, 3.05) is 11.4 Å². The summed E-state index contributed by atoms with van der Waals surface area (Å²) < 4.78 is 0. The summed E-state index contributed by atoms with van der Waals surface area (Å²) in [6.45, 7) is 4.52. The number of nitrogens with zero attached hydrogens (tertiary/aromatic N) is 1. The molecule has 0 heterocycles. The van der Waals surface area contributed by atoms with Crippen molar-refractivity contribution in [2.24, 2.45) is 0 Å². The summed E-state index contributed by atoms with van der Waals surface area (Å²) in [7, 11) is 0. The molecule has 1 atom stereocenters. The number of carbonyl (C=O) groups is 1. The van der Waals surface area contributed by atoms with Crippen LogP contribution in [0.3, 0.4) is 0 Å². The molecule has 0 spiro atoms. The van der Waals surface area contributed by atoms with E-state index in [1.165, 1.54) is 19.3 Å². The fourth-order valence-corrected chi connectivity index (χ4v) is 3.75. The lowest BCUT2D eigenvalue weighted by Gasteiger charge is -2.34. The van der Waals surface area contributed by atoms with Crippen LogP contribution in [0.25, 0.3) is 0 Å². The molecule has 26 heavy (non-hydrogen) atoms. The summed E-state index contributed by atoms with van der Waals surface area (Å²) in [5.41, 5.74) is 2.03. The van der Waals surface area contributed by atoms with Crippen LogP contribution in [0.4, 0.5) is 5.69 Å². The topological polar surface area (TPSA) is 32.3 Å². The minimum Gasteiger partial charge on any atom is -0.352 e. The number of carbonyl (C=O) groups excluding carboxylic acids is 1. The van der Waals surface area contributed by atoms with Crippen molar-refractivity contribution in [3.8, 4) is 0 Å². The third kappa shape index (κ3) is 4.54. The standard InChI is InChI=1S/C23H28N2O/c1-2-18-25(21-16-10-5-11-17-21)22(19-12-6-3-7-13-19)23(26)24-20-14-8-4-9-15-20/h2-3,5-7,10-13,16-17,20,22H,1,4,8-9,14-15,18H2,(H,24,26). The molecule has 2 aromatic carbocycles. The van der Waals surface area contributed by atoms with E-state index in [4.69, 9.17) is 0 Å². The largest absolute Gasteiger partial charge is 0.352 e. The lowest BCUT2D eigenvalue weighted by Crippen LogP contribution is -2.45. The van der Waals surface area contributed by atoms with E-state index >= 15 is 0 Å². The average Bonchev–Trinajstić information content (AvgIpc) is 2.70. The Morgan fingerprint density at radius 2 is 1.65 bits per heavy atom. The number of rotatable bonds is 7. The zero-order chi connectivity index (χ0) is 18.2. The maximum atomic E-state index is 13.3. The summed E-state index contributed by atoms with van der Waals surface area (Å²) in [4.78, 5) is 15.4. The SMILES string of the molecule is C=CCN(c1ccccc1)C(C(=O)NC1CCCCC1)c1ccccc1. The molecule has 136 valence electrons. The molecule has 2 aromatic rings. The number of anilines is 1. The molecule has 3 rings (SSSR count). The number of nitrogens with one attached hydrogen (secondary N) is 1. The van der Waals surface area contributed by atoms with Crippen molar-refractivity contribution < 1.29 is 4.79 Å². The molecule has 1 fully saturated rings. The van der Waals surface area contributed by atoms with Crippen molar-refractivity contribution in [2.45, 2.75) is 44.2 Å². The Labute approximate surface area is 156 Å². The van der Waals surface area contributed by atoms with Gasteiger partial charge in [-0.15, -0.1) is 6.58 Å². The van der Waals surface area contributed by atoms with Crippen LogP contribution >= 0.6 is 0 Å². The van der Waals surface area contributed by atoms with Crippen molar-refractivity contribution in [3.63, 3.8) is 0 Å². The van der Waals surface area contributed by atoms with Gasteiger partial charge in [-0.05, 0) is 30.5 Å². The first kappa shape index (κ1) is 18.2. The third-order valence-electron chi connectivity index (χ3n) is 5.04. The fraction of sp³-hybridized carbons (Fsp3) is 0.348. The van der Waals surface area contributed by atoms with E-state index in [0.29, 0.717) is 12.6 Å². The Bertz CT molecular complexity index is 693. The summed E-state index contributed by atoms with van der Waals surface area (Å²) >= 11 is 0. The van der Waals surface area contributed by atoms with Crippen molar-refractivity contribution in [3.05, 3.63) is 78.9 Å². The highest BCUT2D eigenvalue weighted by Crippen LogP contribution is 2.28. The maximum Gasteiger partial charge on any atom is 0.247 e. The first-order chi connectivity index (χ1) is 12.8. The average molecular weight is 348 g/mol. The highest BCUT2D eigenvalue weighted by molar-refractivity contribution is 5.87. The minimum atomic E-state index is -0.362. The van der Waals surface area contributed by atoms with Gasteiger partial charge in [0.1, 0.15) is 6.04 Å². The fourth-order valence-electron chi connectivity index (χ4n) is 3.75. The van der Waals surface area contributed by atoms with Gasteiger partial charge in [-0.2, -0.15) is 0 Å². The van der Waals surface area contributed by atoms with Crippen LogP contribution in [0.5, 0.6) is 0 Å². The number of para-hydroxylation sites is 1. The Morgan fingerprint density at radius 3 is 2.27 bits per heavy atom. The quantitative estimate of drug-likeness (QED) is 0.724. The Balaban J connectivity index is 1.91. The van der Waals surface area contributed by atoms with Crippen LogP contribution in [-0.4, -0.2) is 18.5 Å². The molecular formula is C23H28N2O. The molecule has 0 saturated heterocycles. The van der Waals surface area contributed by atoms with E-state index in [1.807, 2.05) is 66.7 Å². The van der Waals surface area contributed by atoms with Gasteiger partial charge in [-0.25, -0.2) is 0 Å². The summed E-state index contributed by atoms with van der Waals surface area (Å²) in [6, 6.07) is 20.1. The molecule has 1 N–H and O–H groups in total. The lowest BCUT2D eigenvalue weighted by atomic mass is 9.94. The van der Waals surface area contributed by atoms with Crippen LogP contribution in [0.15, 0.2) is 73.3 Å². The zero-order valence-corrected chi connectivity index (χ0v) is 15.3. The number of benzene rings is 2. The van der Waals surface area contributed by atoms with E-state index in [2.05, 4.69) is 16.8 Å². The first-order valence-corrected chi connectivity index (χ1v) is 9.57. The van der Waals surface area contributed by atoms with E-state index in [9.17, 15) is 4.79 Å². The van der Waals surface area contributed by atoms with E-state index in [0.717, 1.165) is 24.1 Å². The molecule has 0 aromatic heterocycles. The predicted molar refractivity (Wildman–Crippen MR) is 108 cm³/mol. The van der Waals surface area contributed by atoms with E-state index in [-0.39, 0.29) is 11.9 Å². The number of hydrogen-bond donors (Lipinski definition) is 1. The lowest BCUT2D eigenvalue weighted by molar-refractivity contribution is -0.123. The van der Waals surface area contributed by atoms with Crippen LogP contribution < -0.4 is 10.2 Å². The normalized spacial score (nSPS) is 15.8. The first-order valence-electron chi connectivity index (χ1n) is 9.57. The summed E-state index contributed by atoms with van der Waals surface area (Å²) in [6.07, 6.45) is 7.71. The molecule has 0 radical (unpaired) electrons. The second-order valence-corrected chi connectivity index (χ2v) is 6.93.